The van der Waals surface area contributed by atoms with E-state index in [4.69, 9.17) is 4.74 Å². The molecule has 0 aromatic heterocycles. The van der Waals surface area contributed by atoms with Crippen molar-refractivity contribution in [2.75, 3.05) is 46.4 Å². The first-order chi connectivity index (χ1) is 17.4. The third-order valence-corrected chi connectivity index (χ3v) is 6.31. The van der Waals surface area contributed by atoms with Crippen molar-refractivity contribution < 1.29 is 32.3 Å². The van der Waals surface area contributed by atoms with Crippen molar-refractivity contribution in [1.82, 2.24) is 25.3 Å². The van der Waals surface area contributed by atoms with E-state index >= 15 is 0 Å². The summed E-state index contributed by atoms with van der Waals surface area (Å²) in [4.78, 5) is 43.4. The molecule has 0 aliphatic carbocycles. The molecule has 204 valence electrons. The lowest BCUT2D eigenvalue weighted by Crippen LogP contribution is -2.50. The van der Waals surface area contributed by atoms with E-state index in [0.717, 1.165) is 6.07 Å². The third kappa shape index (κ3) is 6.73. The fourth-order valence-corrected chi connectivity index (χ4v) is 4.52. The van der Waals surface area contributed by atoms with Crippen LogP contribution in [0.4, 0.5) is 22.8 Å². The second-order valence-corrected chi connectivity index (χ2v) is 9.33. The zero-order chi connectivity index (χ0) is 27.3. The maximum absolute atomic E-state index is 13.8. The van der Waals surface area contributed by atoms with Crippen LogP contribution in [0, 0.1) is 0 Å². The molecule has 2 aliphatic heterocycles. The second kappa shape index (κ2) is 11.8. The number of benzene rings is 1. The van der Waals surface area contributed by atoms with Gasteiger partial charge in [0.15, 0.2) is 0 Å². The first kappa shape index (κ1) is 28.3. The van der Waals surface area contributed by atoms with Gasteiger partial charge in [0.05, 0.1) is 23.8 Å². The predicted molar refractivity (Wildman–Crippen MR) is 130 cm³/mol. The number of carbonyl (C=O) groups excluding carboxylic acids is 3. The molecule has 2 heterocycles. The number of carbonyl (C=O) groups is 3. The average molecular weight is 526 g/mol. The Labute approximate surface area is 214 Å². The monoisotopic (exact) mass is 525 g/mol. The summed E-state index contributed by atoms with van der Waals surface area (Å²) in [5.41, 5.74) is -0.944. The summed E-state index contributed by atoms with van der Waals surface area (Å²) >= 11 is 0. The first-order valence-electron chi connectivity index (χ1n) is 12.3. The van der Waals surface area contributed by atoms with Crippen LogP contribution >= 0.6 is 0 Å². The highest BCUT2D eigenvalue weighted by molar-refractivity contribution is 5.95. The number of hydrogen-bond donors (Lipinski definition) is 2. The number of hydrogen-bond acceptors (Lipinski definition) is 5. The van der Waals surface area contributed by atoms with Crippen molar-refractivity contribution in [2.24, 2.45) is 0 Å². The normalized spacial score (nSPS) is 19.6. The SMILES string of the molecule is CCOC(=O)C1=C(CN2CCCN(C(=O)NC(C)C)CC2)N(C)C(=O)N[C@@H]1c1ccccc1C(F)(F)F. The Morgan fingerprint density at radius 2 is 1.86 bits per heavy atom. The van der Waals surface area contributed by atoms with Crippen LogP contribution in [0.5, 0.6) is 0 Å². The Morgan fingerprint density at radius 1 is 1.16 bits per heavy atom. The van der Waals surface area contributed by atoms with Crippen LogP contribution in [0.3, 0.4) is 0 Å². The van der Waals surface area contributed by atoms with Crippen LogP contribution in [0.15, 0.2) is 35.5 Å². The first-order valence-corrected chi connectivity index (χ1v) is 12.3. The number of amides is 4. The van der Waals surface area contributed by atoms with E-state index in [1.807, 2.05) is 18.7 Å². The van der Waals surface area contributed by atoms with Gasteiger partial charge >= 0.3 is 24.2 Å². The van der Waals surface area contributed by atoms with Gasteiger partial charge < -0.3 is 20.3 Å². The summed E-state index contributed by atoms with van der Waals surface area (Å²) in [6.07, 6.45) is -4.03. The van der Waals surface area contributed by atoms with Gasteiger partial charge in [-0.3, -0.25) is 9.80 Å². The molecule has 0 radical (unpaired) electrons. The number of halogens is 3. The Morgan fingerprint density at radius 3 is 2.51 bits per heavy atom. The van der Waals surface area contributed by atoms with E-state index in [9.17, 15) is 27.6 Å². The van der Waals surface area contributed by atoms with Crippen molar-refractivity contribution in [3.05, 3.63) is 46.7 Å². The Kier molecular flexibility index (Phi) is 9.06. The highest BCUT2D eigenvalue weighted by Crippen LogP contribution is 2.39. The molecule has 1 saturated heterocycles. The van der Waals surface area contributed by atoms with Crippen molar-refractivity contribution >= 4 is 18.0 Å². The minimum Gasteiger partial charge on any atom is -0.463 e. The van der Waals surface area contributed by atoms with E-state index in [2.05, 4.69) is 10.6 Å². The Bertz CT molecular complexity index is 1040. The zero-order valence-corrected chi connectivity index (χ0v) is 21.5. The van der Waals surface area contributed by atoms with E-state index < -0.39 is 29.8 Å². The average Bonchev–Trinajstić information content (AvgIpc) is 3.06. The van der Waals surface area contributed by atoms with Gasteiger partial charge in [0.25, 0.3) is 0 Å². The maximum Gasteiger partial charge on any atom is 0.416 e. The molecule has 0 unspecified atom stereocenters. The summed E-state index contributed by atoms with van der Waals surface area (Å²) in [6.45, 7) is 7.51. The fraction of sp³-hybridized carbons (Fsp3) is 0.560. The van der Waals surface area contributed by atoms with Gasteiger partial charge in [0.1, 0.15) is 0 Å². The number of ether oxygens (including phenoxy) is 1. The molecule has 0 saturated carbocycles. The summed E-state index contributed by atoms with van der Waals surface area (Å²) < 4.78 is 46.8. The summed E-state index contributed by atoms with van der Waals surface area (Å²) in [6, 6.07) is 2.74. The quantitative estimate of drug-likeness (QED) is 0.556. The molecule has 2 N–H and O–H groups in total. The van der Waals surface area contributed by atoms with Crippen LogP contribution in [0.25, 0.3) is 0 Å². The minimum atomic E-state index is -4.69. The second-order valence-electron chi connectivity index (χ2n) is 9.33. The third-order valence-electron chi connectivity index (χ3n) is 6.31. The number of urea groups is 2. The number of likely N-dealkylation sites (N-methyl/N-ethyl adjacent to an activating group) is 1. The summed E-state index contributed by atoms with van der Waals surface area (Å²) in [5, 5.41) is 5.42. The highest BCUT2D eigenvalue weighted by Gasteiger charge is 2.42. The number of esters is 1. The molecule has 1 atom stereocenters. The molecule has 3 rings (SSSR count). The molecule has 1 aromatic rings. The van der Waals surface area contributed by atoms with Crippen molar-refractivity contribution in [3.63, 3.8) is 0 Å². The lowest BCUT2D eigenvalue weighted by molar-refractivity contribution is -0.141. The molecule has 0 spiro atoms. The number of nitrogens with zero attached hydrogens (tertiary/aromatic N) is 3. The van der Waals surface area contributed by atoms with Crippen molar-refractivity contribution in [2.45, 2.75) is 45.5 Å². The van der Waals surface area contributed by atoms with E-state index in [1.165, 1.54) is 30.1 Å². The van der Waals surface area contributed by atoms with Crippen LogP contribution in [0.1, 0.15) is 44.4 Å². The Hall–Kier alpha value is -3.28. The van der Waals surface area contributed by atoms with Crippen LogP contribution in [0.2, 0.25) is 0 Å². The summed E-state index contributed by atoms with van der Waals surface area (Å²) in [5.74, 6) is -0.793. The molecule has 1 fully saturated rings. The van der Waals surface area contributed by atoms with E-state index in [1.54, 1.807) is 11.8 Å². The molecule has 12 heteroatoms. The molecular weight excluding hydrogens is 491 g/mol. The smallest absolute Gasteiger partial charge is 0.416 e. The highest BCUT2D eigenvalue weighted by atomic mass is 19.4. The standard InChI is InChI=1S/C25H34F3N5O4/c1-5-37-22(34)20-19(15-32-11-8-12-33(14-13-32)24(36)29-16(2)3)31(4)23(35)30-21(20)17-9-6-7-10-18(17)25(26,27)28/h6-7,9-10,16,21H,5,8,11-15H2,1-4H3,(H,29,36)(H,30,35)/t21-/m1/s1. The van der Waals surface area contributed by atoms with Gasteiger partial charge in [0.2, 0.25) is 0 Å². The lowest BCUT2D eigenvalue weighted by atomic mass is 9.90. The van der Waals surface area contributed by atoms with Gasteiger partial charge in [0, 0.05) is 51.5 Å². The Balaban J connectivity index is 1.98. The molecule has 1 aromatic carbocycles. The molecule has 0 bridgehead atoms. The fourth-order valence-electron chi connectivity index (χ4n) is 4.52. The van der Waals surface area contributed by atoms with Gasteiger partial charge in [-0.2, -0.15) is 13.2 Å². The number of nitrogens with one attached hydrogen (secondary N) is 2. The molecule has 4 amide bonds. The van der Waals surface area contributed by atoms with Crippen LogP contribution in [-0.2, 0) is 15.7 Å². The predicted octanol–water partition coefficient (Wildman–Crippen LogP) is 3.34. The van der Waals surface area contributed by atoms with Crippen LogP contribution < -0.4 is 10.6 Å². The van der Waals surface area contributed by atoms with Gasteiger partial charge in [-0.05, 0) is 38.8 Å². The van der Waals surface area contributed by atoms with E-state index in [-0.39, 0.29) is 42.1 Å². The van der Waals surface area contributed by atoms with E-state index in [0.29, 0.717) is 32.6 Å². The summed E-state index contributed by atoms with van der Waals surface area (Å²) in [7, 11) is 1.47. The molecule has 9 nitrogen and oxygen atoms in total. The number of rotatable bonds is 6. The van der Waals surface area contributed by atoms with Gasteiger partial charge in [-0.15, -0.1) is 0 Å². The van der Waals surface area contributed by atoms with Gasteiger partial charge in [-0.25, -0.2) is 14.4 Å². The van der Waals surface area contributed by atoms with Crippen molar-refractivity contribution in [3.8, 4) is 0 Å². The molecule has 2 aliphatic rings. The van der Waals surface area contributed by atoms with Gasteiger partial charge in [-0.1, -0.05) is 18.2 Å². The minimum absolute atomic E-state index is 0.00458. The molecular formula is C25H34F3N5O4. The zero-order valence-electron chi connectivity index (χ0n) is 21.5. The number of alkyl halides is 3. The largest absolute Gasteiger partial charge is 0.463 e. The maximum atomic E-state index is 13.8. The van der Waals surface area contributed by atoms with Crippen LogP contribution in [-0.4, -0.2) is 85.2 Å². The molecule has 37 heavy (non-hydrogen) atoms. The lowest BCUT2D eigenvalue weighted by Gasteiger charge is -2.37. The topological polar surface area (TPSA) is 94.2 Å². The van der Waals surface area contributed by atoms with Crippen molar-refractivity contribution in [1.29, 1.82) is 0 Å².